The van der Waals surface area contributed by atoms with Gasteiger partial charge in [0, 0.05) is 30.2 Å². The largest absolute Gasteiger partial charge is 0.449 e. The molecule has 0 saturated carbocycles. The summed E-state index contributed by atoms with van der Waals surface area (Å²) in [5.74, 6) is 5.09. The topological polar surface area (TPSA) is 181 Å². The maximum Gasteiger partial charge on any atom is 0.445 e. The summed E-state index contributed by atoms with van der Waals surface area (Å²) >= 11 is 2.66. The SMILES string of the molecule is CCOC(=O)NN(c1ccc(CCc2csc(NC(C)=O)n2)cc1)N(N)C(=O)OCc1ccc(CCc2csc(NC(C)=O)n2)cc1F. The molecule has 4 aromatic rings. The van der Waals surface area contributed by atoms with Crippen molar-refractivity contribution in [3.8, 4) is 0 Å². The molecule has 4 rings (SSSR count). The predicted octanol–water partition coefficient (Wildman–Crippen LogP) is 5.12. The number of halogens is 1. The van der Waals surface area contributed by atoms with Crippen molar-refractivity contribution in [1.82, 2.24) is 20.5 Å². The smallest absolute Gasteiger partial charge is 0.445 e. The number of hydrazine groups is 3. The van der Waals surface area contributed by atoms with Gasteiger partial charge in [0.25, 0.3) is 0 Å². The summed E-state index contributed by atoms with van der Waals surface area (Å²) < 4.78 is 25.1. The van der Waals surface area contributed by atoms with Gasteiger partial charge < -0.3 is 20.1 Å². The number of hydrogen-bond acceptors (Lipinski definition) is 12. The average molecular weight is 699 g/mol. The van der Waals surface area contributed by atoms with Crippen LogP contribution in [0.2, 0.25) is 0 Å². The lowest BCUT2D eigenvalue weighted by atomic mass is 10.1. The minimum absolute atomic E-state index is 0.0745. The summed E-state index contributed by atoms with van der Waals surface area (Å²) in [5.41, 5.74) is 6.09. The van der Waals surface area contributed by atoms with Crippen LogP contribution in [0, 0.1) is 5.82 Å². The van der Waals surface area contributed by atoms with E-state index in [2.05, 4.69) is 26.0 Å². The van der Waals surface area contributed by atoms with E-state index in [0.29, 0.717) is 52.3 Å². The molecule has 0 aliphatic rings. The molecule has 2 heterocycles. The van der Waals surface area contributed by atoms with Crippen molar-refractivity contribution in [2.24, 2.45) is 5.84 Å². The van der Waals surface area contributed by atoms with Gasteiger partial charge in [-0.25, -0.2) is 35.2 Å². The number of aryl methyl sites for hydroxylation is 4. The number of thiazole rings is 2. The number of amides is 4. The fourth-order valence-corrected chi connectivity index (χ4v) is 5.83. The molecule has 0 fully saturated rings. The lowest BCUT2D eigenvalue weighted by Gasteiger charge is -2.31. The molecule has 2 aromatic carbocycles. The van der Waals surface area contributed by atoms with E-state index in [9.17, 15) is 23.6 Å². The van der Waals surface area contributed by atoms with Crippen molar-refractivity contribution in [3.05, 3.63) is 87.1 Å². The van der Waals surface area contributed by atoms with Gasteiger partial charge in [-0.3, -0.25) is 9.59 Å². The van der Waals surface area contributed by atoms with E-state index in [1.807, 2.05) is 10.8 Å². The second-order valence-corrected chi connectivity index (χ2v) is 12.0. The highest BCUT2D eigenvalue weighted by Crippen LogP contribution is 2.21. The van der Waals surface area contributed by atoms with Crippen LogP contribution in [0.15, 0.2) is 53.2 Å². The van der Waals surface area contributed by atoms with E-state index in [4.69, 9.17) is 15.3 Å². The molecule has 0 bridgehead atoms. The molecular formula is C31H35FN8O6S2. The van der Waals surface area contributed by atoms with Crippen LogP contribution in [-0.4, -0.2) is 45.7 Å². The first kappa shape index (κ1) is 35.7. The van der Waals surface area contributed by atoms with Gasteiger partial charge in [0.15, 0.2) is 10.3 Å². The predicted molar refractivity (Wildman–Crippen MR) is 179 cm³/mol. The average Bonchev–Trinajstić information content (AvgIpc) is 3.69. The lowest BCUT2D eigenvalue weighted by Crippen LogP contribution is -2.59. The Labute approximate surface area is 284 Å². The third-order valence-corrected chi connectivity index (χ3v) is 8.15. The van der Waals surface area contributed by atoms with Gasteiger partial charge in [0.05, 0.1) is 23.7 Å². The third kappa shape index (κ3) is 10.7. The first-order valence-corrected chi connectivity index (χ1v) is 16.5. The van der Waals surface area contributed by atoms with Crippen LogP contribution < -0.4 is 27.0 Å². The highest BCUT2D eigenvalue weighted by atomic mass is 32.1. The van der Waals surface area contributed by atoms with Crippen LogP contribution in [-0.2, 0) is 51.4 Å². The second-order valence-electron chi connectivity index (χ2n) is 10.3. The molecule has 0 spiro atoms. The molecule has 14 nitrogen and oxygen atoms in total. The van der Waals surface area contributed by atoms with Crippen LogP contribution in [0.3, 0.4) is 0 Å². The molecule has 0 aliphatic heterocycles. The maximum absolute atomic E-state index is 14.9. The van der Waals surface area contributed by atoms with Gasteiger partial charge in [-0.05, 0) is 61.9 Å². The lowest BCUT2D eigenvalue weighted by molar-refractivity contribution is -0.115. The van der Waals surface area contributed by atoms with Gasteiger partial charge in [0.2, 0.25) is 11.8 Å². The van der Waals surface area contributed by atoms with Crippen molar-refractivity contribution >= 4 is 62.6 Å². The summed E-state index contributed by atoms with van der Waals surface area (Å²) in [4.78, 5) is 56.4. The van der Waals surface area contributed by atoms with Gasteiger partial charge in [-0.1, -0.05) is 24.3 Å². The Morgan fingerprint density at radius 2 is 1.40 bits per heavy atom. The number of nitrogens with two attached hydrogens (primary N) is 1. The molecule has 0 saturated heterocycles. The maximum atomic E-state index is 14.9. The Hall–Kier alpha value is -5.13. The third-order valence-electron chi connectivity index (χ3n) is 6.53. The zero-order valence-electron chi connectivity index (χ0n) is 26.4. The Morgan fingerprint density at radius 3 is 1.94 bits per heavy atom. The zero-order valence-corrected chi connectivity index (χ0v) is 28.1. The highest BCUT2D eigenvalue weighted by Gasteiger charge is 2.24. The molecule has 2 aromatic heterocycles. The van der Waals surface area contributed by atoms with E-state index in [1.165, 1.54) is 48.7 Å². The molecule has 0 unspecified atom stereocenters. The van der Waals surface area contributed by atoms with Crippen molar-refractivity contribution in [2.45, 2.75) is 53.1 Å². The number of carbonyl (C=O) groups is 4. The van der Waals surface area contributed by atoms with E-state index in [1.54, 1.807) is 37.3 Å². The van der Waals surface area contributed by atoms with Crippen LogP contribution in [0.25, 0.3) is 0 Å². The quantitative estimate of drug-likeness (QED) is 0.0784. The summed E-state index contributed by atoms with van der Waals surface area (Å²) in [5, 5.41) is 11.5. The number of nitrogens with one attached hydrogen (secondary N) is 3. The second kappa shape index (κ2) is 17.1. The van der Waals surface area contributed by atoms with Crippen molar-refractivity contribution in [3.63, 3.8) is 0 Å². The molecule has 0 aliphatic carbocycles. The number of nitrogens with zero attached hydrogens (tertiary/aromatic N) is 4. The standard InChI is InChI=1S/C31H35FN8O6S2/c1-4-45-30(43)38-40(26-13-8-21(9-14-26)6-11-24-17-47-28(36-24)34-19(2)41)39(33)31(44)46-16-23-10-5-22(15-27(23)32)7-12-25-18-48-29(37-25)35-20(3)42/h5,8-10,13-15,17-18H,4,6-7,11-12,16,33H2,1-3H3,(H,38,43)(H,34,36,41)(H,35,37,42). The molecule has 254 valence electrons. The van der Waals surface area contributed by atoms with Gasteiger partial charge in [-0.2, -0.15) is 5.12 Å². The molecular weight excluding hydrogens is 664 g/mol. The fourth-order valence-electron chi connectivity index (χ4n) is 4.25. The summed E-state index contributed by atoms with van der Waals surface area (Å²) in [6.07, 6.45) is 0.375. The zero-order chi connectivity index (χ0) is 34.6. The van der Waals surface area contributed by atoms with Crippen LogP contribution in [0.1, 0.15) is 48.8 Å². The van der Waals surface area contributed by atoms with Gasteiger partial charge >= 0.3 is 12.2 Å². The number of aromatic nitrogens is 2. The van der Waals surface area contributed by atoms with Gasteiger partial charge in [0.1, 0.15) is 12.4 Å². The van der Waals surface area contributed by atoms with E-state index >= 15 is 0 Å². The van der Waals surface area contributed by atoms with E-state index in [-0.39, 0.29) is 24.0 Å². The number of ether oxygens (including phenoxy) is 2. The van der Waals surface area contributed by atoms with E-state index < -0.39 is 24.6 Å². The summed E-state index contributed by atoms with van der Waals surface area (Å²) in [6.45, 7) is 4.10. The molecule has 17 heteroatoms. The van der Waals surface area contributed by atoms with Crippen LogP contribution >= 0.6 is 22.7 Å². The molecule has 48 heavy (non-hydrogen) atoms. The fraction of sp³-hybridized carbons (Fsp3) is 0.290. The normalized spacial score (nSPS) is 10.6. The highest BCUT2D eigenvalue weighted by molar-refractivity contribution is 7.14. The first-order chi connectivity index (χ1) is 23.0. The van der Waals surface area contributed by atoms with Crippen molar-refractivity contribution < 1.29 is 33.0 Å². The van der Waals surface area contributed by atoms with E-state index in [0.717, 1.165) is 22.1 Å². The Kier molecular flexibility index (Phi) is 12.8. The molecule has 5 N–H and O–H groups in total. The minimum atomic E-state index is -1.07. The number of hydrogen-bond donors (Lipinski definition) is 4. The van der Waals surface area contributed by atoms with Gasteiger partial charge in [-0.15, -0.1) is 27.8 Å². The summed E-state index contributed by atoms with van der Waals surface area (Å²) in [7, 11) is 0. The Morgan fingerprint density at radius 1 is 0.833 bits per heavy atom. The Bertz CT molecular complexity index is 1730. The minimum Gasteiger partial charge on any atom is -0.449 e. The van der Waals surface area contributed by atoms with Crippen LogP contribution in [0.4, 0.5) is 29.9 Å². The van der Waals surface area contributed by atoms with Crippen molar-refractivity contribution in [1.29, 1.82) is 0 Å². The monoisotopic (exact) mass is 698 g/mol. The Balaban J connectivity index is 1.34. The first-order valence-electron chi connectivity index (χ1n) is 14.8. The van der Waals surface area contributed by atoms with Crippen LogP contribution in [0.5, 0.6) is 0 Å². The molecule has 4 amide bonds. The number of benzene rings is 2. The molecule has 0 radical (unpaired) electrons. The number of anilines is 3. The molecule has 0 atom stereocenters. The number of carbonyl (C=O) groups excluding carboxylic acids is 4. The van der Waals surface area contributed by atoms with Crippen molar-refractivity contribution in [2.75, 3.05) is 22.4 Å². The summed E-state index contributed by atoms with van der Waals surface area (Å²) in [6, 6.07) is 11.5. The number of rotatable bonds is 14.